The Morgan fingerprint density at radius 2 is 1.74 bits per heavy atom. The topological polar surface area (TPSA) is 83.4 Å². The molecular formula is C25H30N6O2S. The highest BCUT2D eigenvalue weighted by Gasteiger charge is 2.43. The van der Waals surface area contributed by atoms with Gasteiger partial charge in [0.1, 0.15) is 5.54 Å². The molecule has 34 heavy (non-hydrogen) atoms. The molecule has 1 N–H and O–H groups in total. The Balaban J connectivity index is 1.51. The van der Waals surface area contributed by atoms with E-state index in [9.17, 15) is 9.59 Å². The Labute approximate surface area is 204 Å². The lowest BCUT2D eigenvalue weighted by molar-refractivity contribution is -0.125. The number of para-hydroxylation sites is 2. The van der Waals surface area contributed by atoms with Gasteiger partial charge in [-0.2, -0.15) is 0 Å². The Morgan fingerprint density at radius 1 is 1.06 bits per heavy atom. The van der Waals surface area contributed by atoms with Crippen LogP contribution in [0, 0.1) is 0 Å². The summed E-state index contributed by atoms with van der Waals surface area (Å²) in [5.74, 6) is 0.505. The molecule has 178 valence electrons. The van der Waals surface area contributed by atoms with E-state index in [1.807, 2.05) is 41.9 Å². The van der Waals surface area contributed by atoms with Gasteiger partial charge in [0.15, 0.2) is 11.0 Å². The molecule has 0 spiro atoms. The normalized spacial score (nSPS) is 14.5. The van der Waals surface area contributed by atoms with E-state index in [4.69, 9.17) is 0 Å². The molecule has 0 bridgehead atoms. The second-order valence-corrected chi connectivity index (χ2v) is 9.57. The van der Waals surface area contributed by atoms with E-state index in [1.165, 1.54) is 17.4 Å². The lowest BCUT2D eigenvalue weighted by Crippen LogP contribution is -2.59. The number of hydrogen-bond acceptors (Lipinski definition) is 6. The molecule has 2 amide bonds. The van der Waals surface area contributed by atoms with Crippen LogP contribution in [0.25, 0.3) is 11.4 Å². The number of carbonyl (C=O) groups is 2. The number of rotatable bonds is 7. The van der Waals surface area contributed by atoms with Gasteiger partial charge in [-0.15, -0.1) is 10.2 Å². The van der Waals surface area contributed by atoms with Crippen molar-refractivity contribution in [2.24, 2.45) is 7.05 Å². The monoisotopic (exact) mass is 478 g/mol. The molecule has 9 heteroatoms. The number of aromatic nitrogens is 3. The summed E-state index contributed by atoms with van der Waals surface area (Å²) in [5, 5.41) is 12.2. The van der Waals surface area contributed by atoms with Crippen LogP contribution < -0.4 is 15.1 Å². The molecule has 1 aliphatic rings. The van der Waals surface area contributed by atoms with Gasteiger partial charge in [0, 0.05) is 31.4 Å². The van der Waals surface area contributed by atoms with Gasteiger partial charge < -0.3 is 14.8 Å². The number of nitrogens with zero attached hydrogens (tertiary/aromatic N) is 5. The summed E-state index contributed by atoms with van der Waals surface area (Å²) in [6.45, 7) is 9.69. The van der Waals surface area contributed by atoms with Gasteiger partial charge >= 0.3 is 0 Å². The van der Waals surface area contributed by atoms with Crippen molar-refractivity contribution in [2.45, 2.75) is 38.4 Å². The summed E-state index contributed by atoms with van der Waals surface area (Å²) in [6, 6.07) is 15.6. The lowest BCUT2D eigenvalue weighted by atomic mass is 9.96. The van der Waals surface area contributed by atoms with E-state index in [2.05, 4.69) is 46.4 Å². The fraction of sp³-hybridized carbons (Fsp3) is 0.360. The first-order chi connectivity index (χ1) is 16.3. The summed E-state index contributed by atoms with van der Waals surface area (Å²) in [4.78, 5) is 29.8. The van der Waals surface area contributed by atoms with Gasteiger partial charge in [0.25, 0.3) is 0 Å². The zero-order valence-electron chi connectivity index (χ0n) is 20.2. The minimum absolute atomic E-state index is 0.137. The minimum atomic E-state index is -0.996. The second-order valence-electron chi connectivity index (χ2n) is 8.63. The molecule has 0 saturated heterocycles. The minimum Gasteiger partial charge on any atom is -0.372 e. The first-order valence-corrected chi connectivity index (χ1v) is 12.4. The van der Waals surface area contributed by atoms with Crippen LogP contribution in [-0.2, 0) is 16.6 Å². The third-order valence-electron chi connectivity index (χ3n) is 6.17. The van der Waals surface area contributed by atoms with Gasteiger partial charge in [-0.05, 0) is 64.1 Å². The first-order valence-electron chi connectivity index (χ1n) is 11.4. The van der Waals surface area contributed by atoms with Gasteiger partial charge in [0.2, 0.25) is 11.8 Å². The Kier molecular flexibility index (Phi) is 6.65. The van der Waals surface area contributed by atoms with E-state index in [1.54, 1.807) is 24.8 Å². The van der Waals surface area contributed by atoms with Crippen LogP contribution in [0.15, 0.2) is 53.7 Å². The summed E-state index contributed by atoms with van der Waals surface area (Å²) in [7, 11) is 1.90. The van der Waals surface area contributed by atoms with Crippen molar-refractivity contribution >= 4 is 40.6 Å². The van der Waals surface area contributed by atoms with Crippen molar-refractivity contribution < 1.29 is 9.59 Å². The number of thioether (sulfide) groups is 1. The smallest absolute Gasteiger partial charge is 0.250 e. The van der Waals surface area contributed by atoms with E-state index in [0.29, 0.717) is 16.5 Å². The van der Waals surface area contributed by atoms with Crippen LogP contribution in [0.5, 0.6) is 0 Å². The molecular weight excluding hydrogens is 448 g/mol. The molecule has 1 aliphatic heterocycles. The summed E-state index contributed by atoms with van der Waals surface area (Å²) >= 11 is 1.31. The van der Waals surface area contributed by atoms with Crippen LogP contribution in [0.4, 0.5) is 17.1 Å². The number of anilines is 3. The Morgan fingerprint density at radius 3 is 2.41 bits per heavy atom. The fourth-order valence-electron chi connectivity index (χ4n) is 4.19. The van der Waals surface area contributed by atoms with Crippen molar-refractivity contribution in [2.75, 3.05) is 34.0 Å². The van der Waals surface area contributed by atoms with Crippen LogP contribution in [-0.4, -0.2) is 51.0 Å². The maximum atomic E-state index is 13.3. The van der Waals surface area contributed by atoms with Crippen LogP contribution >= 0.6 is 11.8 Å². The molecule has 0 atom stereocenters. The zero-order chi connectivity index (χ0) is 24.5. The van der Waals surface area contributed by atoms with Crippen LogP contribution in [0.2, 0.25) is 0 Å². The highest BCUT2D eigenvalue weighted by atomic mass is 32.2. The Bertz CT molecular complexity index is 1200. The molecule has 1 aromatic heterocycles. The van der Waals surface area contributed by atoms with Crippen molar-refractivity contribution in [3.05, 3.63) is 48.5 Å². The first kappa shape index (κ1) is 23.8. The number of nitrogens with one attached hydrogen (secondary N) is 1. The molecule has 8 nitrogen and oxygen atoms in total. The van der Waals surface area contributed by atoms with Gasteiger partial charge in [-0.1, -0.05) is 23.9 Å². The van der Waals surface area contributed by atoms with Crippen molar-refractivity contribution in [1.29, 1.82) is 0 Å². The van der Waals surface area contributed by atoms with Crippen molar-refractivity contribution in [3.8, 4) is 11.4 Å². The predicted molar refractivity (Wildman–Crippen MR) is 137 cm³/mol. The second kappa shape index (κ2) is 9.50. The molecule has 0 fully saturated rings. The van der Waals surface area contributed by atoms with E-state index in [-0.39, 0.29) is 17.6 Å². The molecule has 0 unspecified atom stereocenters. The van der Waals surface area contributed by atoms with Crippen molar-refractivity contribution in [3.63, 3.8) is 0 Å². The maximum absolute atomic E-state index is 13.3. The Hall–Kier alpha value is -3.33. The SMILES string of the molecule is CCN(CC)c1ccc(-c2nnc(SCC(=O)N3c4ccccc4NC(=O)C3(C)C)n2C)cc1. The third kappa shape index (κ3) is 4.27. The average molecular weight is 479 g/mol. The van der Waals surface area contributed by atoms with E-state index >= 15 is 0 Å². The quantitative estimate of drug-likeness (QED) is 0.513. The number of benzene rings is 2. The van der Waals surface area contributed by atoms with E-state index < -0.39 is 5.54 Å². The zero-order valence-corrected chi connectivity index (χ0v) is 21.0. The van der Waals surface area contributed by atoms with E-state index in [0.717, 1.165) is 24.5 Å². The molecule has 0 aliphatic carbocycles. The summed E-state index contributed by atoms with van der Waals surface area (Å²) < 4.78 is 1.90. The lowest BCUT2D eigenvalue weighted by Gasteiger charge is -2.42. The number of carbonyl (C=O) groups excluding carboxylic acids is 2. The van der Waals surface area contributed by atoms with Gasteiger partial charge in [0.05, 0.1) is 17.1 Å². The fourth-order valence-corrected chi connectivity index (χ4v) is 4.95. The summed E-state index contributed by atoms with van der Waals surface area (Å²) in [6.07, 6.45) is 0. The highest BCUT2D eigenvalue weighted by molar-refractivity contribution is 7.99. The van der Waals surface area contributed by atoms with Crippen LogP contribution in [0.3, 0.4) is 0 Å². The predicted octanol–water partition coefficient (Wildman–Crippen LogP) is 4.18. The molecule has 0 radical (unpaired) electrons. The highest BCUT2D eigenvalue weighted by Crippen LogP contribution is 2.37. The number of hydrogen-bond donors (Lipinski definition) is 1. The molecule has 0 saturated carbocycles. The average Bonchev–Trinajstić information content (AvgIpc) is 3.19. The van der Waals surface area contributed by atoms with Gasteiger partial charge in [-0.25, -0.2) is 0 Å². The summed E-state index contributed by atoms with van der Waals surface area (Å²) in [5.41, 5.74) is 2.48. The van der Waals surface area contributed by atoms with Crippen molar-refractivity contribution in [1.82, 2.24) is 14.8 Å². The standard InChI is InChI=1S/C25H30N6O2S/c1-6-30(7-2)18-14-12-17(13-15-18)22-27-28-24(29(22)5)34-16-21(32)31-20-11-9-8-10-19(20)26-23(33)25(31,3)4/h8-15H,6-7,16H2,1-5H3,(H,26,33). The van der Waals surface area contributed by atoms with Gasteiger partial charge in [-0.3, -0.25) is 14.5 Å². The molecule has 2 heterocycles. The maximum Gasteiger partial charge on any atom is 0.250 e. The number of fused-ring (bicyclic) bond motifs is 1. The number of amides is 2. The largest absolute Gasteiger partial charge is 0.372 e. The molecule has 3 aromatic rings. The third-order valence-corrected chi connectivity index (χ3v) is 7.18. The molecule has 2 aromatic carbocycles. The van der Waals surface area contributed by atoms with Crippen LogP contribution in [0.1, 0.15) is 27.7 Å². The molecule has 4 rings (SSSR count).